The summed E-state index contributed by atoms with van der Waals surface area (Å²) in [6.45, 7) is 5.90. The Balaban J connectivity index is 2.70. The van der Waals surface area contributed by atoms with Gasteiger partial charge in [-0.1, -0.05) is 20.8 Å². The minimum Gasteiger partial charge on any atom is -0.467 e. The van der Waals surface area contributed by atoms with E-state index in [1.165, 1.54) is 7.11 Å². The fourth-order valence-corrected chi connectivity index (χ4v) is 1.89. The number of ether oxygens (including phenoxy) is 1. The molecular weight excluding hydrogens is 248 g/mol. The summed E-state index contributed by atoms with van der Waals surface area (Å²) >= 11 is 0. The average molecular weight is 270 g/mol. The SMILES string of the molecule is COC(=O)C(C[C@@H]1CCNC1=O)NC(=O)C(C)(C)C. The van der Waals surface area contributed by atoms with Crippen molar-refractivity contribution in [1.82, 2.24) is 10.6 Å². The molecule has 0 aliphatic carbocycles. The van der Waals surface area contributed by atoms with Gasteiger partial charge in [-0.25, -0.2) is 4.79 Å². The summed E-state index contributed by atoms with van der Waals surface area (Å²) in [6.07, 6.45) is 0.956. The van der Waals surface area contributed by atoms with Gasteiger partial charge in [-0.2, -0.15) is 0 Å². The summed E-state index contributed by atoms with van der Waals surface area (Å²) in [4.78, 5) is 35.2. The van der Waals surface area contributed by atoms with Gasteiger partial charge in [0.1, 0.15) is 6.04 Å². The van der Waals surface area contributed by atoms with Crippen molar-refractivity contribution in [2.75, 3.05) is 13.7 Å². The van der Waals surface area contributed by atoms with Gasteiger partial charge in [-0.05, 0) is 12.8 Å². The van der Waals surface area contributed by atoms with E-state index in [1.54, 1.807) is 20.8 Å². The molecule has 108 valence electrons. The van der Waals surface area contributed by atoms with Crippen molar-refractivity contribution in [2.45, 2.75) is 39.7 Å². The van der Waals surface area contributed by atoms with Gasteiger partial charge in [0.2, 0.25) is 11.8 Å². The summed E-state index contributed by atoms with van der Waals surface area (Å²) in [7, 11) is 1.27. The number of nitrogens with one attached hydrogen (secondary N) is 2. The smallest absolute Gasteiger partial charge is 0.328 e. The van der Waals surface area contributed by atoms with E-state index < -0.39 is 17.4 Å². The first-order valence-electron chi connectivity index (χ1n) is 6.42. The maximum atomic E-state index is 11.9. The van der Waals surface area contributed by atoms with Crippen molar-refractivity contribution in [3.05, 3.63) is 0 Å². The predicted molar refractivity (Wildman–Crippen MR) is 69.1 cm³/mol. The zero-order valence-electron chi connectivity index (χ0n) is 11.9. The minimum absolute atomic E-state index is 0.0705. The minimum atomic E-state index is -0.773. The van der Waals surface area contributed by atoms with Crippen LogP contribution in [0.3, 0.4) is 0 Å². The van der Waals surface area contributed by atoms with Crippen LogP contribution in [-0.2, 0) is 19.1 Å². The van der Waals surface area contributed by atoms with Crippen molar-refractivity contribution in [3.63, 3.8) is 0 Å². The third-order valence-corrected chi connectivity index (χ3v) is 3.16. The molecule has 0 aromatic carbocycles. The highest BCUT2D eigenvalue weighted by Crippen LogP contribution is 2.19. The highest BCUT2D eigenvalue weighted by molar-refractivity contribution is 5.88. The van der Waals surface area contributed by atoms with E-state index >= 15 is 0 Å². The zero-order valence-corrected chi connectivity index (χ0v) is 11.9. The first-order valence-corrected chi connectivity index (χ1v) is 6.42. The van der Waals surface area contributed by atoms with E-state index in [0.29, 0.717) is 13.0 Å². The predicted octanol–water partition coefficient (Wildman–Crippen LogP) is 0.217. The molecular formula is C13H22N2O4. The number of methoxy groups -OCH3 is 1. The van der Waals surface area contributed by atoms with Crippen molar-refractivity contribution in [2.24, 2.45) is 11.3 Å². The number of carbonyl (C=O) groups is 3. The third kappa shape index (κ3) is 4.22. The van der Waals surface area contributed by atoms with Crippen LogP contribution in [0, 0.1) is 11.3 Å². The number of amides is 2. The van der Waals surface area contributed by atoms with Crippen LogP contribution in [0.4, 0.5) is 0 Å². The normalized spacial score (nSPS) is 20.6. The Hall–Kier alpha value is -1.59. The van der Waals surface area contributed by atoms with Gasteiger partial charge in [-0.15, -0.1) is 0 Å². The molecule has 0 bridgehead atoms. The summed E-state index contributed by atoms with van der Waals surface area (Å²) in [5, 5.41) is 5.37. The van der Waals surface area contributed by atoms with Crippen molar-refractivity contribution in [1.29, 1.82) is 0 Å². The molecule has 2 atom stereocenters. The molecule has 2 amide bonds. The van der Waals surface area contributed by atoms with Crippen molar-refractivity contribution >= 4 is 17.8 Å². The summed E-state index contributed by atoms with van der Waals surface area (Å²) in [5.41, 5.74) is -0.593. The van der Waals surface area contributed by atoms with Crippen LogP contribution in [0.1, 0.15) is 33.6 Å². The molecule has 6 heteroatoms. The molecule has 1 aliphatic heterocycles. The fraction of sp³-hybridized carbons (Fsp3) is 0.769. The number of esters is 1. The Kier molecular flexibility index (Phi) is 4.91. The molecule has 6 nitrogen and oxygen atoms in total. The highest BCUT2D eigenvalue weighted by atomic mass is 16.5. The summed E-state index contributed by atoms with van der Waals surface area (Å²) in [6, 6.07) is -0.773. The molecule has 1 fully saturated rings. The second kappa shape index (κ2) is 6.04. The van der Waals surface area contributed by atoms with Gasteiger partial charge in [0, 0.05) is 17.9 Å². The monoisotopic (exact) mass is 270 g/mol. The van der Waals surface area contributed by atoms with Crippen LogP contribution in [0.5, 0.6) is 0 Å². The lowest BCUT2D eigenvalue weighted by Gasteiger charge is -2.24. The molecule has 1 heterocycles. The average Bonchev–Trinajstić information content (AvgIpc) is 2.71. The first kappa shape index (κ1) is 15.5. The van der Waals surface area contributed by atoms with Crippen molar-refractivity contribution < 1.29 is 19.1 Å². The Labute approximate surface area is 113 Å². The van der Waals surface area contributed by atoms with E-state index in [9.17, 15) is 14.4 Å². The van der Waals surface area contributed by atoms with E-state index in [2.05, 4.69) is 15.4 Å². The van der Waals surface area contributed by atoms with Crippen LogP contribution >= 0.6 is 0 Å². The van der Waals surface area contributed by atoms with Crippen LogP contribution in [0.15, 0.2) is 0 Å². The van der Waals surface area contributed by atoms with Gasteiger partial charge < -0.3 is 15.4 Å². The van der Waals surface area contributed by atoms with Crippen LogP contribution in [-0.4, -0.2) is 37.5 Å². The number of carbonyl (C=O) groups excluding carboxylic acids is 3. The molecule has 0 aromatic heterocycles. The Morgan fingerprint density at radius 3 is 2.53 bits per heavy atom. The lowest BCUT2D eigenvalue weighted by molar-refractivity contribution is -0.147. The van der Waals surface area contributed by atoms with E-state index in [0.717, 1.165) is 0 Å². The lowest BCUT2D eigenvalue weighted by Crippen LogP contribution is -2.47. The molecule has 19 heavy (non-hydrogen) atoms. The molecule has 0 radical (unpaired) electrons. The van der Waals surface area contributed by atoms with Crippen LogP contribution < -0.4 is 10.6 Å². The Morgan fingerprint density at radius 2 is 2.11 bits per heavy atom. The lowest BCUT2D eigenvalue weighted by atomic mass is 9.93. The standard InChI is InChI=1S/C13H22N2O4/c1-13(2,3)12(18)15-9(11(17)19-4)7-8-5-6-14-10(8)16/h8-9H,5-7H2,1-4H3,(H,14,16)(H,15,18)/t8-,9?/m0/s1. The van der Waals surface area contributed by atoms with Crippen molar-refractivity contribution in [3.8, 4) is 0 Å². The van der Waals surface area contributed by atoms with E-state index in [1.807, 2.05) is 0 Å². The maximum Gasteiger partial charge on any atom is 0.328 e. The van der Waals surface area contributed by atoms with Crippen LogP contribution in [0.25, 0.3) is 0 Å². The summed E-state index contributed by atoms with van der Waals surface area (Å²) < 4.78 is 4.69. The maximum absolute atomic E-state index is 11.9. The third-order valence-electron chi connectivity index (χ3n) is 3.16. The van der Waals surface area contributed by atoms with Gasteiger partial charge in [0.25, 0.3) is 0 Å². The van der Waals surface area contributed by atoms with Gasteiger partial charge >= 0.3 is 5.97 Å². The van der Waals surface area contributed by atoms with E-state index in [-0.39, 0.29) is 24.2 Å². The number of hydrogen-bond donors (Lipinski definition) is 2. The van der Waals surface area contributed by atoms with Crippen LogP contribution in [0.2, 0.25) is 0 Å². The van der Waals surface area contributed by atoms with E-state index in [4.69, 9.17) is 0 Å². The second-order valence-electron chi connectivity index (χ2n) is 5.81. The Bertz CT molecular complexity index is 373. The zero-order chi connectivity index (χ0) is 14.6. The molecule has 1 aliphatic rings. The quantitative estimate of drug-likeness (QED) is 0.716. The molecule has 1 saturated heterocycles. The number of hydrogen-bond acceptors (Lipinski definition) is 4. The highest BCUT2D eigenvalue weighted by Gasteiger charge is 2.33. The molecule has 0 saturated carbocycles. The Morgan fingerprint density at radius 1 is 1.47 bits per heavy atom. The molecule has 2 N–H and O–H groups in total. The molecule has 0 spiro atoms. The molecule has 1 unspecified atom stereocenters. The first-order chi connectivity index (χ1) is 8.75. The topological polar surface area (TPSA) is 84.5 Å². The summed E-state index contributed by atoms with van der Waals surface area (Å²) in [5.74, 6) is -1.07. The van der Waals surface area contributed by atoms with Gasteiger partial charge in [0.05, 0.1) is 7.11 Å². The molecule has 1 rings (SSSR count). The second-order valence-corrected chi connectivity index (χ2v) is 5.81. The fourth-order valence-electron chi connectivity index (χ4n) is 1.89. The largest absolute Gasteiger partial charge is 0.467 e. The number of rotatable bonds is 4. The van der Waals surface area contributed by atoms with Gasteiger partial charge in [0.15, 0.2) is 0 Å². The van der Waals surface area contributed by atoms with Gasteiger partial charge in [-0.3, -0.25) is 9.59 Å². The molecule has 0 aromatic rings.